The lowest BCUT2D eigenvalue weighted by Gasteiger charge is -2.12. The zero-order valence-corrected chi connectivity index (χ0v) is 11.9. The van der Waals surface area contributed by atoms with Crippen LogP contribution in [0, 0.1) is 5.82 Å². The molecule has 0 N–H and O–H groups in total. The van der Waals surface area contributed by atoms with E-state index in [4.69, 9.17) is 4.74 Å². The Balaban J connectivity index is 2.57. The smallest absolute Gasteiger partial charge is 0.151 e. The van der Waals surface area contributed by atoms with Crippen LogP contribution in [-0.2, 0) is 0 Å². The number of ether oxygens (including phenoxy) is 1. The molecule has 0 saturated carbocycles. The quantitative estimate of drug-likeness (QED) is 0.776. The van der Waals surface area contributed by atoms with Crippen LogP contribution in [0.5, 0.6) is 5.75 Å². The van der Waals surface area contributed by atoms with Crippen LogP contribution in [0.1, 0.15) is 17.3 Å². The van der Waals surface area contributed by atoms with Gasteiger partial charge in [-0.2, -0.15) is 0 Å². The Morgan fingerprint density at radius 3 is 2.53 bits per heavy atom. The van der Waals surface area contributed by atoms with E-state index in [9.17, 15) is 9.18 Å². The van der Waals surface area contributed by atoms with E-state index in [0.717, 1.165) is 17.4 Å². The van der Waals surface area contributed by atoms with Gasteiger partial charge in [-0.05, 0) is 36.8 Å². The number of carbonyl (C=O) groups is 1. The van der Waals surface area contributed by atoms with Gasteiger partial charge in [0, 0.05) is 15.6 Å². The number of hydrogen-bond acceptors (Lipinski definition) is 2. The standard InChI is InChI=1S/C15H12BrFO2/c1-2-19-15-7-11(9-18)14(16)8-13(15)10-3-5-12(17)6-4-10/h3-9H,2H2,1H3. The first kappa shape index (κ1) is 13.7. The normalized spacial score (nSPS) is 10.3. The molecular formula is C15H12BrFO2. The molecule has 0 aromatic heterocycles. The fraction of sp³-hybridized carbons (Fsp3) is 0.133. The van der Waals surface area contributed by atoms with Crippen LogP contribution < -0.4 is 4.74 Å². The third kappa shape index (κ3) is 3.01. The summed E-state index contributed by atoms with van der Waals surface area (Å²) >= 11 is 3.34. The first-order valence-corrected chi connectivity index (χ1v) is 6.62. The third-order valence-corrected chi connectivity index (χ3v) is 3.37. The second-order valence-corrected chi connectivity index (χ2v) is 4.78. The minimum absolute atomic E-state index is 0.287. The fourth-order valence-electron chi connectivity index (χ4n) is 1.79. The second kappa shape index (κ2) is 5.97. The van der Waals surface area contributed by atoms with Crippen molar-refractivity contribution >= 4 is 22.2 Å². The van der Waals surface area contributed by atoms with E-state index < -0.39 is 0 Å². The van der Waals surface area contributed by atoms with E-state index in [0.29, 0.717) is 22.4 Å². The van der Waals surface area contributed by atoms with Gasteiger partial charge >= 0.3 is 0 Å². The van der Waals surface area contributed by atoms with E-state index in [1.807, 2.05) is 13.0 Å². The molecule has 98 valence electrons. The second-order valence-electron chi connectivity index (χ2n) is 3.93. The lowest BCUT2D eigenvalue weighted by atomic mass is 10.0. The molecule has 0 aliphatic rings. The minimum Gasteiger partial charge on any atom is -0.493 e. The summed E-state index contributed by atoms with van der Waals surface area (Å²) in [6, 6.07) is 9.64. The Morgan fingerprint density at radius 2 is 1.95 bits per heavy atom. The molecule has 0 fully saturated rings. The monoisotopic (exact) mass is 322 g/mol. The van der Waals surface area contributed by atoms with Gasteiger partial charge in [0.2, 0.25) is 0 Å². The Hall–Kier alpha value is -1.68. The molecule has 0 radical (unpaired) electrons. The Morgan fingerprint density at radius 1 is 1.26 bits per heavy atom. The van der Waals surface area contributed by atoms with Crippen LogP contribution in [0.4, 0.5) is 4.39 Å². The summed E-state index contributed by atoms with van der Waals surface area (Å²) in [7, 11) is 0. The highest BCUT2D eigenvalue weighted by Crippen LogP contribution is 2.34. The molecule has 2 aromatic rings. The maximum atomic E-state index is 13.0. The summed E-state index contributed by atoms with van der Waals surface area (Å²) in [5, 5.41) is 0. The van der Waals surface area contributed by atoms with Gasteiger partial charge in [-0.15, -0.1) is 0 Å². The summed E-state index contributed by atoms with van der Waals surface area (Å²) < 4.78 is 19.2. The van der Waals surface area contributed by atoms with Gasteiger partial charge in [0.05, 0.1) is 6.61 Å². The van der Waals surface area contributed by atoms with E-state index >= 15 is 0 Å². The first-order chi connectivity index (χ1) is 9.15. The van der Waals surface area contributed by atoms with Gasteiger partial charge in [0.25, 0.3) is 0 Å². The summed E-state index contributed by atoms with van der Waals surface area (Å²) in [6.45, 7) is 2.37. The summed E-state index contributed by atoms with van der Waals surface area (Å²) in [5.74, 6) is 0.324. The van der Waals surface area contributed by atoms with Crippen molar-refractivity contribution in [3.63, 3.8) is 0 Å². The number of carbonyl (C=O) groups excluding carboxylic acids is 1. The molecule has 0 aliphatic carbocycles. The third-order valence-electron chi connectivity index (χ3n) is 2.68. The van der Waals surface area contributed by atoms with Gasteiger partial charge < -0.3 is 4.74 Å². The highest BCUT2D eigenvalue weighted by atomic mass is 79.9. The first-order valence-electron chi connectivity index (χ1n) is 5.83. The zero-order valence-electron chi connectivity index (χ0n) is 10.3. The fourth-order valence-corrected chi connectivity index (χ4v) is 2.23. The molecule has 19 heavy (non-hydrogen) atoms. The zero-order chi connectivity index (χ0) is 13.8. The van der Waals surface area contributed by atoms with Gasteiger partial charge in [0.1, 0.15) is 11.6 Å². The number of aldehydes is 1. The predicted molar refractivity (Wildman–Crippen MR) is 76.1 cm³/mol. The lowest BCUT2D eigenvalue weighted by Crippen LogP contribution is -1.96. The Bertz CT molecular complexity index is 594. The predicted octanol–water partition coefficient (Wildman–Crippen LogP) is 4.47. The molecule has 2 nitrogen and oxygen atoms in total. The van der Waals surface area contributed by atoms with Crippen LogP contribution in [-0.4, -0.2) is 12.9 Å². The van der Waals surface area contributed by atoms with Crippen molar-refractivity contribution < 1.29 is 13.9 Å². The summed E-state index contributed by atoms with van der Waals surface area (Å²) in [5.41, 5.74) is 2.18. The van der Waals surface area contributed by atoms with Crippen LogP contribution in [0.25, 0.3) is 11.1 Å². The molecule has 0 amide bonds. The van der Waals surface area contributed by atoms with Crippen molar-refractivity contribution in [2.24, 2.45) is 0 Å². The minimum atomic E-state index is -0.287. The number of halogens is 2. The van der Waals surface area contributed by atoms with Crippen molar-refractivity contribution in [1.29, 1.82) is 0 Å². The van der Waals surface area contributed by atoms with Gasteiger partial charge in [-0.3, -0.25) is 4.79 Å². The molecule has 4 heteroatoms. The number of hydrogen-bond donors (Lipinski definition) is 0. The largest absolute Gasteiger partial charge is 0.493 e. The molecule has 0 heterocycles. The van der Waals surface area contributed by atoms with Gasteiger partial charge in [-0.1, -0.05) is 28.1 Å². The molecule has 2 rings (SSSR count). The average molecular weight is 323 g/mol. The molecule has 0 unspecified atom stereocenters. The van der Waals surface area contributed by atoms with E-state index in [2.05, 4.69) is 15.9 Å². The SMILES string of the molecule is CCOc1cc(C=O)c(Br)cc1-c1ccc(F)cc1. The van der Waals surface area contributed by atoms with E-state index in [1.165, 1.54) is 12.1 Å². The van der Waals surface area contributed by atoms with Crippen LogP contribution in [0.3, 0.4) is 0 Å². The van der Waals surface area contributed by atoms with Crippen molar-refractivity contribution in [3.05, 3.63) is 52.3 Å². The Kier molecular flexibility index (Phi) is 4.32. The van der Waals surface area contributed by atoms with Crippen molar-refractivity contribution in [2.75, 3.05) is 6.61 Å². The molecule has 2 aromatic carbocycles. The maximum Gasteiger partial charge on any atom is 0.151 e. The Labute approximate surface area is 119 Å². The summed E-state index contributed by atoms with van der Waals surface area (Å²) in [4.78, 5) is 10.9. The molecule has 0 atom stereocenters. The van der Waals surface area contributed by atoms with Gasteiger partial charge in [0.15, 0.2) is 6.29 Å². The number of rotatable bonds is 4. The highest BCUT2D eigenvalue weighted by molar-refractivity contribution is 9.10. The molecule has 0 saturated heterocycles. The van der Waals surface area contributed by atoms with Gasteiger partial charge in [-0.25, -0.2) is 4.39 Å². The average Bonchev–Trinajstić information content (AvgIpc) is 2.41. The topological polar surface area (TPSA) is 26.3 Å². The van der Waals surface area contributed by atoms with Crippen LogP contribution >= 0.6 is 15.9 Å². The van der Waals surface area contributed by atoms with Crippen molar-refractivity contribution in [2.45, 2.75) is 6.92 Å². The number of benzene rings is 2. The molecule has 0 spiro atoms. The molecule has 0 aliphatic heterocycles. The maximum absolute atomic E-state index is 13.0. The van der Waals surface area contributed by atoms with Crippen molar-refractivity contribution in [3.8, 4) is 16.9 Å². The van der Waals surface area contributed by atoms with Crippen molar-refractivity contribution in [1.82, 2.24) is 0 Å². The highest BCUT2D eigenvalue weighted by Gasteiger charge is 2.11. The molecule has 0 bridgehead atoms. The molecular weight excluding hydrogens is 311 g/mol. The van der Waals surface area contributed by atoms with E-state index in [1.54, 1.807) is 18.2 Å². The van der Waals surface area contributed by atoms with Crippen LogP contribution in [0.15, 0.2) is 40.9 Å². The lowest BCUT2D eigenvalue weighted by molar-refractivity contribution is 0.112. The van der Waals surface area contributed by atoms with E-state index in [-0.39, 0.29) is 5.82 Å². The summed E-state index contributed by atoms with van der Waals surface area (Å²) in [6.07, 6.45) is 0.765. The van der Waals surface area contributed by atoms with Crippen LogP contribution in [0.2, 0.25) is 0 Å².